The predicted octanol–water partition coefficient (Wildman–Crippen LogP) is 2.03. The lowest BCUT2D eigenvalue weighted by Gasteiger charge is -2.10. The van der Waals surface area contributed by atoms with Crippen molar-refractivity contribution in [1.29, 1.82) is 0 Å². The third kappa shape index (κ3) is 3.31. The second-order valence-corrected chi connectivity index (χ2v) is 4.14. The van der Waals surface area contributed by atoms with Crippen LogP contribution in [0.4, 0.5) is 0 Å². The van der Waals surface area contributed by atoms with E-state index in [1.54, 1.807) is 6.07 Å². The summed E-state index contributed by atoms with van der Waals surface area (Å²) >= 11 is 0. The summed E-state index contributed by atoms with van der Waals surface area (Å²) in [4.78, 5) is 16.7. The van der Waals surface area contributed by atoms with Crippen LogP contribution in [-0.4, -0.2) is 19.2 Å². The zero-order valence-electron chi connectivity index (χ0n) is 9.90. The van der Waals surface area contributed by atoms with Crippen LogP contribution in [0.3, 0.4) is 0 Å². The normalized spacial score (nSPS) is 16.3. The molecule has 1 aliphatic rings. The Labute approximate surface area is 100 Å². The summed E-state index contributed by atoms with van der Waals surface area (Å²) in [6.07, 6.45) is 6.39. The quantitative estimate of drug-likeness (QED) is 0.629. The molecule has 1 saturated carbocycles. The molecule has 0 spiro atoms. The molecule has 1 fully saturated rings. The molecule has 0 aliphatic heterocycles. The molecule has 1 aromatic rings. The number of carbonyl (C=O) groups is 1. The van der Waals surface area contributed by atoms with Crippen LogP contribution in [0.2, 0.25) is 0 Å². The van der Waals surface area contributed by atoms with Crippen molar-refractivity contribution in [3.8, 4) is 0 Å². The maximum Gasteiger partial charge on any atom is 0.341 e. The van der Waals surface area contributed by atoms with E-state index in [2.05, 4.69) is 10.2 Å². The van der Waals surface area contributed by atoms with Gasteiger partial charge in [-0.3, -0.25) is 4.84 Å². The first kappa shape index (κ1) is 12.1. The van der Waals surface area contributed by atoms with Crippen LogP contribution < -0.4 is 5.48 Å². The van der Waals surface area contributed by atoms with Crippen molar-refractivity contribution in [2.45, 2.75) is 38.3 Å². The number of hydrogen-bond acceptors (Lipinski definition) is 5. The van der Waals surface area contributed by atoms with Gasteiger partial charge in [-0.15, -0.1) is 0 Å². The molecule has 0 saturated heterocycles. The van der Waals surface area contributed by atoms with Crippen molar-refractivity contribution in [2.75, 3.05) is 7.11 Å². The molecule has 1 heterocycles. The Hall–Kier alpha value is -1.33. The van der Waals surface area contributed by atoms with E-state index in [1.165, 1.54) is 26.2 Å². The van der Waals surface area contributed by atoms with Crippen molar-refractivity contribution in [2.24, 2.45) is 0 Å². The molecule has 1 aromatic heterocycles. The van der Waals surface area contributed by atoms with E-state index in [-0.39, 0.29) is 0 Å². The molecule has 0 amide bonds. The van der Waals surface area contributed by atoms with Gasteiger partial charge in [-0.1, -0.05) is 12.8 Å². The number of esters is 1. The van der Waals surface area contributed by atoms with Crippen molar-refractivity contribution in [3.05, 3.63) is 23.7 Å². The van der Waals surface area contributed by atoms with Crippen molar-refractivity contribution in [3.63, 3.8) is 0 Å². The first-order valence-corrected chi connectivity index (χ1v) is 5.84. The molecule has 0 aromatic carbocycles. The second kappa shape index (κ2) is 5.84. The lowest BCUT2D eigenvalue weighted by atomic mass is 10.3. The van der Waals surface area contributed by atoms with Crippen molar-refractivity contribution >= 4 is 5.97 Å². The van der Waals surface area contributed by atoms with Gasteiger partial charge in [-0.05, 0) is 18.9 Å². The van der Waals surface area contributed by atoms with E-state index in [0.717, 1.165) is 12.8 Å². The van der Waals surface area contributed by atoms with Gasteiger partial charge in [0.25, 0.3) is 0 Å². The molecule has 0 bridgehead atoms. The van der Waals surface area contributed by atoms with E-state index >= 15 is 0 Å². The summed E-state index contributed by atoms with van der Waals surface area (Å²) in [7, 11) is 1.34. The van der Waals surface area contributed by atoms with Gasteiger partial charge >= 0.3 is 5.97 Å². The van der Waals surface area contributed by atoms with Crippen molar-refractivity contribution in [1.82, 2.24) is 5.48 Å². The summed E-state index contributed by atoms with van der Waals surface area (Å²) in [5, 5.41) is 0. The van der Waals surface area contributed by atoms with Gasteiger partial charge in [0, 0.05) is 0 Å². The smallest absolute Gasteiger partial charge is 0.341 e. The third-order valence-electron chi connectivity index (χ3n) is 2.87. The number of hydrogen-bond donors (Lipinski definition) is 1. The lowest BCUT2D eigenvalue weighted by molar-refractivity contribution is -0.0268. The molecule has 2 rings (SSSR count). The molecule has 17 heavy (non-hydrogen) atoms. The van der Waals surface area contributed by atoms with E-state index in [0.29, 0.717) is 24.0 Å². The van der Waals surface area contributed by atoms with Crippen LogP contribution >= 0.6 is 0 Å². The van der Waals surface area contributed by atoms with Crippen molar-refractivity contribution < 1.29 is 18.8 Å². The van der Waals surface area contributed by atoms with Crippen LogP contribution in [0.5, 0.6) is 0 Å². The van der Waals surface area contributed by atoms with Gasteiger partial charge < -0.3 is 9.15 Å². The molecule has 94 valence electrons. The predicted molar refractivity (Wildman–Crippen MR) is 60.2 cm³/mol. The molecule has 0 atom stereocenters. The van der Waals surface area contributed by atoms with Gasteiger partial charge in [0.2, 0.25) is 0 Å². The SMILES string of the molecule is COC(=O)c1coc(CNOC2CCCC2)c1. The van der Waals surface area contributed by atoms with Crippen LogP contribution in [0, 0.1) is 0 Å². The lowest BCUT2D eigenvalue weighted by Crippen LogP contribution is -2.21. The Morgan fingerprint density at radius 1 is 1.53 bits per heavy atom. The topological polar surface area (TPSA) is 60.7 Å². The summed E-state index contributed by atoms with van der Waals surface area (Å²) < 4.78 is 9.79. The largest absolute Gasteiger partial charge is 0.467 e. The van der Waals surface area contributed by atoms with Crippen LogP contribution in [0.15, 0.2) is 16.7 Å². The Morgan fingerprint density at radius 2 is 2.29 bits per heavy atom. The molecule has 1 aliphatic carbocycles. The Kier molecular flexibility index (Phi) is 4.17. The zero-order valence-corrected chi connectivity index (χ0v) is 9.90. The van der Waals surface area contributed by atoms with E-state index < -0.39 is 5.97 Å². The van der Waals surface area contributed by atoms with Gasteiger partial charge in [-0.2, -0.15) is 5.48 Å². The highest BCUT2D eigenvalue weighted by Gasteiger charge is 2.16. The van der Waals surface area contributed by atoms with E-state index in [4.69, 9.17) is 9.25 Å². The standard InChI is InChI=1S/C12H17NO4/c1-15-12(14)9-6-11(16-8-9)7-13-17-10-4-2-3-5-10/h6,8,10,13H,2-5,7H2,1H3. The van der Waals surface area contributed by atoms with Crippen LogP contribution in [0.1, 0.15) is 41.8 Å². The van der Waals surface area contributed by atoms with Gasteiger partial charge in [0.1, 0.15) is 12.0 Å². The first-order chi connectivity index (χ1) is 8.29. The summed E-state index contributed by atoms with van der Waals surface area (Å²) in [6, 6.07) is 1.65. The van der Waals surface area contributed by atoms with E-state index in [9.17, 15) is 4.79 Å². The summed E-state index contributed by atoms with van der Waals surface area (Å²) in [6.45, 7) is 0.452. The van der Waals surface area contributed by atoms with Gasteiger partial charge in [0.05, 0.1) is 25.3 Å². The maximum absolute atomic E-state index is 11.2. The molecule has 0 unspecified atom stereocenters. The first-order valence-electron chi connectivity index (χ1n) is 5.84. The number of nitrogens with one attached hydrogen (secondary N) is 1. The minimum absolute atomic E-state index is 0.310. The monoisotopic (exact) mass is 239 g/mol. The molecular weight excluding hydrogens is 222 g/mol. The highest BCUT2D eigenvalue weighted by atomic mass is 16.7. The molecule has 5 heteroatoms. The minimum atomic E-state index is -0.392. The number of hydroxylamine groups is 1. The van der Waals surface area contributed by atoms with Crippen LogP contribution in [-0.2, 0) is 16.1 Å². The molecule has 5 nitrogen and oxygen atoms in total. The Morgan fingerprint density at radius 3 is 3.00 bits per heavy atom. The number of carbonyl (C=O) groups excluding carboxylic acids is 1. The highest BCUT2D eigenvalue weighted by Crippen LogP contribution is 2.20. The average molecular weight is 239 g/mol. The fourth-order valence-electron chi connectivity index (χ4n) is 1.94. The van der Waals surface area contributed by atoms with Crippen LogP contribution in [0.25, 0.3) is 0 Å². The zero-order chi connectivity index (χ0) is 12.1. The Balaban J connectivity index is 1.74. The van der Waals surface area contributed by atoms with Gasteiger partial charge in [0.15, 0.2) is 0 Å². The number of furan rings is 1. The minimum Gasteiger partial charge on any atom is -0.467 e. The Bertz CT molecular complexity index is 368. The fraction of sp³-hybridized carbons (Fsp3) is 0.583. The maximum atomic E-state index is 11.2. The number of methoxy groups -OCH3 is 1. The number of ether oxygens (including phenoxy) is 1. The fourth-order valence-corrected chi connectivity index (χ4v) is 1.94. The number of rotatable bonds is 5. The third-order valence-corrected chi connectivity index (χ3v) is 2.87. The molecule has 1 N–H and O–H groups in total. The summed E-state index contributed by atoms with van der Waals surface area (Å²) in [5.41, 5.74) is 3.29. The van der Waals surface area contributed by atoms with E-state index in [1.807, 2.05) is 0 Å². The molecule has 0 radical (unpaired) electrons. The second-order valence-electron chi connectivity index (χ2n) is 4.14. The molecular formula is C12H17NO4. The average Bonchev–Trinajstić information content (AvgIpc) is 2.99. The highest BCUT2D eigenvalue weighted by molar-refractivity contribution is 5.88. The summed E-state index contributed by atoms with van der Waals surface area (Å²) in [5.74, 6) is 0.264. The van der Waals surface area contributed by atoms with Gasteiger partial charge in [-0.25, -0.2) is 4.79 Å².